The van der Waals surface area contributed by atoms with E-state index in [1.54, 1.807) is 12.1 Å². The molecule has 0 saturated carbocycles. The van der Waals surface area contributed by atoms with Crippen molar-refractivity contribution in [1.82, 2.24) is 5.32 Å². The van der Waals surface area contributed by atoms with Crippen molar-refractivity contribution in [3.63, 3.8) is 0 Å². The highest BCUT2D eigenvalue weighted by molar-refractivity contribution is 5.96. The van der Waals surface area contributed by atoms with Gasteiger partial charge in [0.15, 0.2) is 0 Å². The molecule has 0 heterocycles. The van der Waals surface area contributed by atoms with Gasteiger partial charge in [-0.1, -0.05) is 0 Å². The quantitative estimate of drug-likeness (QED) is 0.606. The lowest BCUT2D eigenvalue weighted by atomic mass is 10.1. The molecule has 86 valence electrons. The number of benzene rings is 1. The van der Waals surface area contributed by atoms with Crippen LogP contribution in [0.5, 0.6) is 0 Å². The van der Waals surface area contributed by atoms with Gasteiger partial charge in [-0.25, -0.2) is 4.79 Å². The van der Waals surface area contributed by atoms with Gasteiger partial charge in [0.2, 0.25) is 0 Å². The molecule has 0 bridgehead atoms. The van der Waals surface area contributed by atoms with E-state index in [9.17, 15) is 9.59 Å². The third-order valence-electron chi connectivity index (χ3n) is 1.95. The van der Waals surface area contributed by atoms with Gasteiger partial charge < -0.3 is 14.8 Å². The van der Waals surface area contributed by atoms with Gasteiger partial charge in [0, 0.05) is 12.7 Å². The highest BCUT2D eigenvalue weighted by Gasteiger charge is 2.07. The van der Waals surface area contributed by atoms with Crippen LogP contribution in [0, 0.1) is 0 Å². The number of hydrogen-bond donors (Lipinski definition) is 1. The maximum atomic E-state index is 11.4. The maximum Gasteiger partial charge on any atom is 0.337 e. The van der Waals surface area contributed by atoms with Gasteiger partial charge in [0.1, 0.15) is 6.73 Å². The summed E-state index contributed by atoms with van der Waals surface area (Å²) in [5.74, 6) is -0.679. The highest BCUT2D eigenvalue weighted by Crippen LogP contribution is 2.05. The van der Waals surface area contributed by atoms with Gasteiger partial charge in [-0.05, 0) is 24.3 Å². The molecule has 1 amide bonds. The van der Waals surface area contributed by atoms with Crippen molar-refractivity contribution in [1.29, 1.82) is 0 Å². The van der Waals surface area contributed by atoms with Crippen LogP contribution in [0.15, 0.2) is 24.3 Å². The normalized spacial score (nSPS) is 9.62. The molecule has 0 radical (unpaired) electrons. The molecule has 0 spiro atoms. The van der Waals surface area contributed by atoms with E-state index in [-0.39, 0.29) is 12.6 Å². The minimum atomic E-state index is -0.427. The SMILES string of the molecule is COCNC(=O)c1ccc(C(=O)OC)cc1. The van der Waals surface area contributed by atoms with E-state index in [1.807, 2.05) is 0 Å². The second-order valence-electron chi connectivity index (χ2n) is 3.01. The van der Waals surface area contributed by atoms with Gasteiger partial charge in [0.25, 0.3) is 5.91 Å². The van der Waals surface area contributed by atoms with Crippen molar-refractivity contribution in [2.24, 2.45) is 0 Å². The molecule has 0 fully saturated rings. The van der Waals surface area contributed by atoms with Crippen LogP contribution in [-0.2, 0) is 9.47 Å². The summed E-state index contributed by atoms with van der Waals surface area (Å²) in [6.07, 6.45) is 0. The van der Waals surface area contributed by atoms with Crippen LogP contribution in [0.4, 0.5) is 0 Å². The molecule has 0 aliphatic rings. The maximum absolute atomic E-state index is 11.4. The molecule has 1 N–H and O–H groups in total. The Morgan fingerprint density at radius 3 is 2.19 bits per heavy atom. The molecule has 0 unspecified atom stereocenters. The third kappa shape index (κ3) is 3.06. The summed E-state index contributed by atoms with van der Waals surface area (Å²) in [5.41, 5.74) is 0.871. The molecule has 5 heteroatoms. The Morgan fingerprint density at radius 1 is 1.12 bits per heavy atom. The zero-order valence-corrected chi connectivity index (χ0v) is 9.15. The summed E-state index contributed by atoms with van der Waals surface area (Å²) in [6.45, 7) is 0.150. The fraction of sp³-hybridized carbons (Fsp3) is 0.273. The first-order valence-electron chi connectivity index (χ1n) is 4.64. The van der Waals surface area contributed by atoms with Crippen molar-refractivity contribution in [3.8, 4) is 0 Å². The molecule has 0 saturated heterocycles. The van der Waals surface area contributed by atoms with E-state index in [4.69, 9.17) is 4.74 Å². The molecular formula is C11H13NO4. The first kappa shape index (κ1) is 12.2. The summed E-state index contributed by atoms with van der Waals surface area (Å²) in [6, 6.07) is 6.18. The lowest BCUT2D eigenvalue weighted by Crippen LogP contribution is -2.25. The average Bonchev–Trinajstić information content (AvgIpc) is 2.35. The minimum absolute atomic E-state index is 0.150. The fourth-order valence-corrected chi connectivity index (χ4v) is 1.12. The van der Waals surface area contributed by atoms with Crippen molar-refractivity contribution < 1.29 is 19.1 Å². The van der Waals surface area contributed by atoms with Gasteiger partial charge in [-0.15, -0.1) is 0 Å². The summed E-state index contributed by atoms with van der Waals surface area (Å²) < 4.78 is 9.25. The Hall–Kier alpha value is -1.88. The van der Waals surface area contributed by atoms with Crippen molar-refractivity contribution in [3.05, 3.63) is 35.4 Å². The second kappa shape index (κ2) is 5.87. The predicted molar refractivity (Wildman–Crippen MR) is 57.1 cm³/mol. The van der Waals surface area contributed by atoms with Gasteiger partial charge in [-0.2, -0.15) is 0 Å². The van der Waals surface area contributed by atoms with Crippen molar-refractivity contribution >= 4 is 11.9 Å². The van der Waals surface area contributed by atoms with Gasteiger partial charge in [0.05, 0.1) is 12.7 Å². The molecule has 0 aliphatic carbocycles. The monoisotopic (exact) mass is 223 g/mol. The summed E-state index contributed by atoms with van der Waals surface area (Å²) in [5, 5.41) is 2.53. The first-order chi connectivity index (χ1) is 7.69. The standard InChI is InChI=1S/C11H13NO4/c1-15-7-12-10(13)8-3-5-9(6-4-8)11(14)16-2/h3-6H,7H2,1-2H3,(H,12,13). The number of nitrogens with one attached hydrogen (secondary N) is 1. The molecule has 5 nitrogen and oxygen atoms in total. The number of amides is 1. The number of carbonyl (C=O) groups excluding carboxylic acids is 2. The average molecular weight is 223 g/mol. The van der Waals surface area contributed by atoms with Crippen molar-refractivity contribution in [2.75, 3.05) is 21.0 Å². The van der Waals surface area contributed by atoms with Crippen LogP contribution >= 0.6 is 0 Å². The van der Waals surface area contributed by atoms with E-state index in [2.05, 4.69) is 10.1 Å². The zero-order valence-electron chi connectivity index (χ0n) is 9.15. The first-order valence-corrected chi connectivity index (χ1v) is 4.64. The molecule has 1 rings (SSSR count). The van der Waals surface area contributed by atoms with E-state index in [1.165, 1.54) is 26.4 Å². The zero-order chi connectivity index (χ0) is 12.0. The molecule has 1 aromatic carbocycles. The van der Waals surface area contributed by atoms with E-state index >= 15 is 0 Å². The Bertz CT molecular complexity index is 372. The Labute approximate surface area is 93.4 Å². The van der Waals surface area contributed by atoms with Crippen LogP contribution < -0.4 is 5.32 Å². The van der Waals surface area contributed by atoms with Gasteiger partial charge in [-0.3, -0.25) is 4.79 Å². The highest BCUT2D eigenvalue weighted by atomic mass is 16.5. The van der Waals surface area contributed by atoms with Crippen LogP contribution in [0.2, 0.25) is 0 Å². The van der Waals surface area contributed by atoms with Crippen LogP contribution in [0.1, 0.15) is 20.7 Å². The molecular weight excluding hydrogens is 210 g/mol. The molecule has 1 aromatic rings. The summed E-state index contributed by atoms with van der Waals surface area (Å²) >= 11 is 0. The predicted octanol–water partition coefficient (Wildman–Crippen LogP) is 0.807. The van der Waals surface area contributed by atoms with Crippen LogP contribution in [0.3, 0.4) is 0 Å². The van der Waals surface area contributed by atoms with Gasteiger partial charge >= 0.3 is 5.97 Å². The number of rotatable bonds is 4. The third-order valence-corrected chi connectivity index (χ3v) is 1.95. The molecule has 0 aliphatic heterocycles. The molecule has 0 aromatic heterocycles. The molecule has 16 heavy (non-hydrogen) atoms. The number of hydrogen-bond acceptors (Lipinski definition) is 4. The minimum Gasteiger partial charge on any atom is -0.465 e. The Kier molecular flexibility index (Phi) is 4.47. The van der Waals surface area contributed by atoms with E-state index in [0.29, 0.717) is 11.1 Å². The van der Waals surface area contributed by atoms with Crippen LogP contribution in [0.25, 0.3) is 0 Å². The number of esters is 1. The summed E-state index contributed by atoms with van der Waals surface area (Å²) in [7, 11) is 2.79. The molecule has 0 atom stereocenters. The number of ether oxygens (including phenoxy) is 2. The van der Waals surface area contributed by atoms with E-state index < -0.39 is 5.97 Å². The topological polar surface area (TPSA) is 64.6 Å². The van der Waals surface area contributed by atoms with Crippen LogP contribution in [-0.4, -0.2) is 32.8 Å². The Morgan fingerprint density at radius 2 is 1.69 bits per heavy atom. The van der Waals surface area contributed by atoms with E-state index in [0.717, 1.165) is 0 Å². The smallest absolute Gasteiger partial charge is 0.337 e. The fourth-order valence-electron chi connectivity index (χ4n) is 1.12. The largest absolute Gasteiger partial charge is 0.465 e. The Balaban J connectivity index is 2.71. The number of carbonyl (C=O) groups is 2. The second-order valence-corrected chi connectivity index (χ2v) is 3.01. The van der Waals surface area contributed by atoms with Crippen molar-refractivity contribution in [2.45, 2.75) is 0 Å². The lowest BCUT2D eigenvalue weighted by Gasteiger charge is -2.04. The lowest BCUT2D eigenvalue weighted by molar-refractivity contribution is 0.0600. The summed E-state index contributed by atoms with van der Waals surface area (Å²) in [4.78, 5) is 22.6. The number of methoxy groups -OCH3 is 2.